The van der Waals surface area contributed by atoms with Crippen LogP contribution in [0.4, 0.5) is 0 Å². The predicted molar refractivity (Wildman–Crippen MR) is 106 cm³/mol. The van der Waals surface area contributed by atoms with E-state index in [-0.39, 0.29) is 0 Å². The smallest absolute Gasteiger partial charge is 0.168 e. The summed E-state index contributed by atoms with van der Waals surface area (Å²) in [4.78, 5) is 2.75. The topological polar surface area (TPSA) is 21.7 Å². The summed E-state index contributed by atoms with van der Waals surface area (Å²) in [5, 5.41) is 0. The molecule has 0 fully saturated rings. The van der Waals surface area contributed by atoms with Crippen LogP contribution >= 0.6 is 0 Å². The molecule has 2 aliphatic rings. The molecule has 1 heterocycles. The van der Waals surface area contributed by atoms with Gasteiger partial charge in [0.05, 0.1) is 14.2 Å². The number of rotatable bonds is 6. The fraction of sp³-hybridized carbons (Fsp3) is 0.478. The van der Waals surface area contributed by atoms with Crippen LogP contribution in [0.15, 0.2) is 30.3 Å². The van der Waals surface area contributed by atoms with Gasteiger partial charge in [0, 0.05) is 17.6 Å². The number of hydrogen-bond acceptors (Lipinski definition) is 3. The van der Waals surface area contributed by atoms with Gasteiger partial charge in [-0.15, -0.1) is 0 Å². The molecule has 3 nitrogen and oxygen atoms in total. The van der Waals surface area contributed by atoms with Crippen molar-refractivity contribution >= 4 is 0 Å². The molecule has 0 bridgehead atoms. The molecule has 0 radical (unpaired) electrons. The highest BCUT2D eigenvalue weighted by atomic mass is 16.5. The molecule has 2 aromatic rings. The van der Waals surface area contributed by atoms with Gasteiger partial charge in [-0.25, -0.2) is 0 Å². The van der Waals surface area contributed by atoms with Gasteiger partial charge in [0.1, 0.15) is 0 Å². The summed E-state index contributed by atoms with van der Waals surface area (Å²) < 4.78 is 11.4. The highest BCUT2D eigenvalue weighted by Gasteiger charge is 2.42. The van der Waals surface area contributed by atoms with Crippen LogP contribution in [0.1, 0.15) is 61.9 Å². The van der Waals surface area contributed by atoms with Crippen LogP contribution in [-0.2, 0) is 6.42 Å². The van der Waals surface area contributed by atoms with Crippen molar-refractivity contribution in [3.05, 3.63) is 47.0 Å². The molecule has 0 saturated carbocycles. The number of hydrogen-bond donors (Lipinski definition) is 0. The van der Waals surface area contributed by atoms with Crippen LogP contribution in [0.3, 0.4) is 0 Å². The molecule has 0 saturated heterocycles. The number of fused-ring (bicyclic) bond motifs is 2. The van der Waals surface area contributed by atoms with Crippen LogP contribution < -0.4 is 9.47 Å². The number of ether oxygens (including phenoxy) is 2. The van der Waals surface area contributed by atoms with Gasteiger partial charge in [-0.1, -0.05) is 44.5 Å². The Kier molecular flexibility index (Phi) is 4.66. The van der Waals surface area contributed by atoms with Crippen LogP contribution in [-0.4, -0.2) is 25.7 Å². The molecule has 1 aliphatic carbocycles. The summed E-state index contributed by atoms with van der Waals surface area (Å²) in [6.45, 7) is 5.74. The van der Waals surface area contributed by atoms with Gasteiger partial charge in [-0.2, -0.15) is 0 Å². The van der Waals surface area contributed by atoms with Crippen LogP contribution in [0, 0.1) is 0 Å². The second-order valence-electron chi connectivity index (χ2n) is 7.41. The molecule has 0 unspecified atom stereocenters. The van der Waals surface area contributed by atoms with Gasteiger partial charge in [0.15, 0.2) is 11.5 Å². The van der Waals surface area contributed by atoms with E-state index in [9.17, 15) is 0 Å². The summed E-state index contributed by atoms with van der Waals surface area (Å²) in [5.74, 6) is 1.69. The number of benzene rings is 2. The first-order chi connectivity index (χ1) is 12.7. The Bertz CT molecular complexity index is 814. The highest BCUT2D eigenvalue weighted by Crippen LogP contribution is 2.55. The van der Waals surface area contributed by atoms with Gasteiger partial charge >= 0.3 is 0 Å². The molecule has 2 aromatic carbocycles. The molecular weight excluding hydrogens is 322 g/mol. The van der Waals surface area contributed by atoms with Gasteiger partial charge < -0.3 is 9.47 Å². The first-order valence-corrected chi connectivity index (χ1v) is 9.87. The minimum Gasteiger partial charge on any atom is -0.493 e. The summed E-state index contributed by atoms with van der Waals surface area (Å²) in [7, 11) is 3.46. The first-order valence-electron chi connectivity index (χ1n) is 9.87. The third kappa shape index (κ3) is 2.44. The lowest BCUT2D eigenvalue weighted by molar-refractivity contribution is 0.151. The maximum absolute atomic E-state index is 5.80. The minimum absolute atomic E-state index is 0.489. The van der Waals surface area contributed by atoms with E-state index in [2.05, 4.69) is 49.1 Å². The van der Waals surface area contributed by atoms with Crippen molar-refractivity contribution < 1.29 is 9.47 Å². The maximum atomic E-state index is 5.80. The van der Waals surface area contributed by atoms with Crippen LogP contribution in [0.5, 0.6) is 11.5 Å². The fourth-order valence-electron chi connectivity index (χ4n) is 5.05. The molecule has 0 spiro atoms. The predicted octanol–water partition coefficient (Wildman–Crippen LogP) is 5.53. The number of nitrogens with zero attached hydrogens (tertiary/aromatic N) is 1. The van der Waals surface area contributed by atoms with Crippen molar-refractivity contribution in [2.45, 2.75) is 51.6 Å². The summed E-state index contributed by atoms with van der Waals surface area (Å²) in [6, 6.07) is 12.1. The molecule has 3 heteroatoms. The Morgan fingerprint density at radius 1 is 1.04 bits per heavy atom. The largest absolute Gasteiger partial charge is 0.493 e. The van der Waals surface area contributed by atoms with E-state index in [1.54, 1.807) is 14.2 Å². The van der Waals surface area contributed by atoms with Gasteiger partial charge in [-0.05, 0) is 54.1 Å². The van der Waals surface area contributed by atoms with E-state index in [4.69, 9.17) is 9.47 Å². The van der Waals surface area contributed by atoms with Gasteiger partial charge in [0.2, 0.25) is 0 Å². The zero-order valence-electron chi connectivity index (χ0n) is 16.3. The lowest BCUT2D eigenvalue weighted by Gasteiger charge is -2.34. The average molecular weight is 351 g/mol. The van der Waals surface area contributed by atoms with E-state index < -0.39 is 0 Å². The highest BCUT2D eigenvalue weighted by molar-refractivity contribution is 5.83. The molecule has 0 aromatic heterocycles. The molecule has 1 aliphatic heterocycles. The van der Waals surface area contributed by atoms with Crippen molar-refractivity contribution in [2.24, 2.45) is 0 Å². The Balaban J connectivity index is 1.93. The molecule has 0 N–H and O–H groups in total. The molecule has 4 rings (SSSR count). The van der Waals surface area contributed by atoms with Gasteiger partial charge in [0.25, 0.3) is 0 Å². The monoisotopic (exact) mass is 351 g/mol. The zero-order chi connectivity index (χ0) is 18.3. The fourth-order valence-corrected chi connectivity index (χ4v) is 5.05. The summed E-state index contributed by atoms with van der Waals surface area (Å²) in [6.07, 6.45) is 4.69. The van der Waals surface area contributed by atoms with E-state index in [1.807, 2.05) is 0 Å². The number of methoxy groups -OCH3 is 2. The normalized spacial score (nSPS) is 20.6. The summed E-state index contributed by atoms with van der Waals surface area (Å²) >= 11 is 0. The standard InChI is InChI=1S/C23H29NO2/c1-5-8-18-16-9-7-10-17-21-15(11-12-20(25-3)23(21)26-4)14-19(22(16)17)24(18)13-6-2/h7,9-12,18-19H,5-6,8,13-14H2,1-4H3/t18-,19+/m0/s1. The molecular formula is C23H29NO2. The van der Waals surface area contributed by atoms with E-state index >= 15 is 0 Å². The molecule has 2 atom stereocenters. The van der Waals surface area contributed by atoms with Crippen LogP contribution in [0.2, 0.25) is 0 Å². The Morgan fingerprint density at radius 2 is 1.88 bits per heavy atom. The third-order valence-corrected chi connectivity index (χ3v) is 5.99. The zero-order valence-corrected chi connectivity index (χ0v) is 16.3. The van der Waals surface area contributed by atoms with Crippen molar-refractivity contribution in [1.29, 1.82) is 0 Å². The Hall–Kier alpha value is -2.00. The van der Waals surface area contributed by atoms with Crippen molar-refractivity contribution in [3.63, 3.8) is 0 Å². The minimum atomic E-state index is 0.489. The quantitative estimate of drug-likeness (QED) is 0.682. The van der Waals surface area contributed by atoms with E-state index in [0.717, 1.165) is 24.5 Å². The molecule has 26 heavy (non-hydrogen) atoms. The lowest BCUT2D eigenvalue weighted by atomic mass is 9.81. The summed E-state index contributed by atoms with van der Waals surface area (Å²) in [5.41, 5.74) is 6.99. The van der Waals surface area contributed by atoms with Crippen LogP contribution in [0.25, 0.3) is 11.1 Å². The molecule has 0 amide bonds. The third-order valence-electron chi connectivity index (χ3n) is 5.99. The van der Waals surface area contributed by atoms with Crippen molar-refractivity contribution in [2.75, 3.05) is 20.8 Å². The maximum Gasteiger partial charge on any atom is 0.168 e. The van der Waals surface area contributed by atoms with E-state index in [1.165, 1.54) is 47.1 Å². The van der Waals surface area contributed by atoms with Crippen molar-refractivity contribution in [1.82, 2.24) is 4.90 Å². The molecule has 138 valence electrons. The second kappa shape index (κ2) is 6.96. The van der Waals surface area contributed by atoms with E-state index in [0.29, 0.717) is 12.1 Å². The SMILES string of the molecule is CCC[C@H]1c2cccc3c2[C@@H](Cc2ccc(OC)c(OC)c2-3)N1CCC. The first kappa shape index (κ1) is 17.4. The Morgan fingerprint density at radius 3 is 2.58 bits per heavy atom. The second-order valence-corrected chi connectivity index (χ2v) is 7.41. The van der Waals surface area contributed by atoms with Gasteiger partial charge in [-0.3, -0.25) is 4.90 Å². The average Bonchev–Trinajstić information content (AvgIpc) is 2.96. The lowest BCUT2D eigenvalue weighted by Crippen LogP contribution is -2.29. The van der Waals surface area contributed by atoms with Crippen molar-refractivity contribution in [3.8, 4) is 22.6 Å². The Labute approximate surface area is 156 Å².